The Morgan fingerprint density at radius 2 is 1.96 bits per heavy atom. The molecule has 2 aromatic rings. The number of amides is 1. The third-order valence-electron chi connectivity index (χ3n) is 4.05. The van der Waals surface area contributed by atoms with Gasteiger partial charge in [0.15, 0.2) is 5.75 Å². The third kappa shape index (κ3) is 4.21. The summed E-state index contributed by atoms with van der Waals surface area (Å²) in [5.41, 5.74) is 6.25. The van der Waals surface area contributed by atoms with Crippen molar-refractivity contribution in [2.45, 2.75) is 31.8 Å². The molecule has 0 atom stereocenters. The average molecular weight is 365 g/mol. The number of nitrogen functional groups attached to an aromatic ring is 1. The second-order valence-corrected chi connectivity index (χ2v) is 6.30. The summed E-state index contributed by atoms with van der Waals surface area (Å²) >= 11 is 5.99. The van der Waals surface area contributed by atoms with E-state index in [2.05, 4.69) is 5.32 Å². The SMILES string of the molecule is Nc1ccccc1C(=O)Nc1cc(OOC2CCCC2)c(Cl)cc1F. The molecular weight excluding hydrogens is 347 g/mol. The van der Waals surface area contributed by atoms with Crippen LogP contribution in [0.4, 0.5) is 15.8 Å². The minimum atomic E-state index is -0.680. The van der Waals surface area contributed by atoms with Crippen LogP contribution in [-0.4, -0.2) is 12.0 Å². The summed E-state index contributed by atoms with van der Waals surface area (Å²) in [7, 11) is 0. The molecule has 5 nitrogen and oxygen atoms in total. The van der Waals surface area contributed by atoms with Gasteiger partial charge in [0.25, 0.3) is 5.91 Å². The Morgan fingerprint density at radius 1 is 1.24 bits per heavy atom. The lowest BCUT2D eigenvalue weighted by molar-refractivity contribution is -0.242. The van der Waals surface area contributed by atoms with Crippen LogP contribution in [0.15, 0.2) is 36.4 Å². The number of rotatable bonds is 5. The molecule has 0 aromatic heterocycles. The first-order chi connectivity index (χ1) is 12.0. The van der Waals surface area contributed by atoms with Crippen LogP contribution in [0.2, 0.25) is 5.02 Å². The zero-order chi connectivity index (χ0) is 17.8. The van der Waals surface area contributed by atoms with Crippen LogP contribution in [-0.2, 0) is 4.89 Å². The second-order valence-electron chi connectivity index (χ2n) is 5.89. The minimum Gasteiger partial charge on any atom is -0.398 e. The van der Waals surface area contributed by atoms with Crippen molar-refractivity contribution in [1.82, 2.24) is 0 Å². The maximum absolute atomic E-state index is 14.1. The molecule has 0 bridgehead atoms. The summed E-state index contributed by atoms with van der Waals surface area (Å²) in [4.78, 5) is 22.9. The van der Waals surface area contributed by atoms with Gasteiger partial charge in [-0.3, -0.25) is 4.79 Å². The van der Waals surface area contributed by atoms with E-state index in [4.69, 9.17) is 27.1 Å². The summed E-state index contributed by atoms with van der Waals surface area (Å²) in [5.74, 6) is -1.06. The van der Waals surface area contributed by atoms with E-state index in [-0.39, 0.29) is 28.1 Å². The van der Waals surface area contributed by atoms with Crippen LogP contribution >= 0.6 is 11.6 Å². The number of hydrogen-bond acceptors (Lipinski definition) is 4. The fourth-order valence-electron chi connectivity index (χ4n) is 2.69. The van der Waals surface area contributed by atoms with Gasteiger partial charge in [-0.05, 0) is 31.0 Å². The molecule has 2 aromatic carbocycles. The van der Waals surface area contributed by atoms with E-state index >= 15 is 0 Å². The molecule has 1 aliphatic rings. The molecule has 3 rings (SSSR count). The van der Waals surface area contributed by atoms with Crippen molar-refractivity contribution in [3.63, 3.8) is 0 Å². The largest absolute Gasteiger partial charge is 0.398 e. The second kappa shape index (κ2) is 7.72. The van der Waals surface area contributed by atoms with Gasteiger partial charge in [-0.2, -0.15) is 4.89 Å². The Kier molecular flexibility index (Phi) is 5.40. The molecule has 1 saturated carbocycles. The van der Waals surface area contributed by atoms with Gasteiger partial charge in [0.1, 0.15) is 11.9 Å². The molecule has 0 radical (unpaired) electrons. The Labute approximate surface area is 149 Å². The van der Waals surface area contributed by atoms with Crippen molar-refractivity contribution < 1.29 is 19.0 Å². The quantitative estimate of drug-likeness (QED) is 0.463. The lowest BCUT2D eigenvalue weighted by atomic mass is 10.1. The summed E-state index contributed by atoms with van der Waals surface area (Å²) in [5, 5.41) is 2.54. The van der Waals surface area contributed by atoms with E-state index in [1.54, 1.807) is 24.3 Å². The van der Waals surface area contributed by atoms with Crippen LogP contribution in [0.5, 0.6) is 5.75 Å². The molecule has 0 aliphatic heterocycles. The Balaban J connectivity index is 1.75. The Morgan fingerprint density at radius 3 is 2.68 bits per heavy atom. The molecule has 132 valence electrons. The first-order valence-corrected chi connectivity index (χ1v) is 8.40. The highest BCUT2D eigenvalue weighted by Crippen LogP contribution is 2.32. The van der Waals surface area contributed by atoms with Crippen molar-refractivity contribution >= 4 is 28.9 Å². The van der Waals surface area contributed by atoms with Gasteiger partial charge in [-0.1, -0.05) is 36.6 Å². The average Bonchev–Trinajstić information content (AvgIpc) is 3.10. The standard InChI is InChI=1S/C18H18ClFN2O3/c19-13-9-14(20)16(10-17(13)25-24-11-5-1-2-6-11)22-18(23)12-7-3-4-8-15(12)21/h3-4,7-11H,1-2,5-6,21H2,(H,22,23). The monoisotopic (exact) mass is 364 g/mol. The minimum absolute atomic E-state index is 0.00304. The first kappa shape index (κ1) is 17.5. The molecule has 7 heteroatoms. The number of benzene rings is 2. The normalized spacial score (nSPS) is 14.5. The van der Waals surface area contributed by atoms with Crippen LogP contribution in [0.1, 0.15) is 36.0 Å². The first-order valence-electron chi connectivity index (χ1n) is 8.03. The van der Waals surface area contributed by atoms with E-state index in [9.17, 15) is 9.18 Å². The molecular formula is C18H18ClFN2O3. The molecule has 1 fully saturated rings. The highest BCUT2D eigenvalue weighted by atomic mass is 35.5. The molecule has 0 spiro atoms. The fraction of sp³-hybridized carbons (Fsp3) is 0.278. The zero-order valence-electron chi connectivity index (χ0n) is 13.4. The highest BCUT2D eigenvalue weighted by molar-refractivity contribution is 6.32. The Bertz CT molecular complexity index is 779. The van der Waals surface area contributed by atoms with Crippen molar-refractivity contribution in [1.29, 1.82) is 0 Å². The van der Waals surface area contributed by atoms with Gasteiger partial charge in [0.2, 0.25) is 0 Å². The summed E-state index contributed by atoms with van der Waals surface area (Å²) in [6, 6.07) is 8.90. The van der Waals surface area contributed by atoms with Gasteiger partial charge in [-0.25, -0.2) is 4.39 Å². The van der Waals surface area contributed by atoms with Gasteiger partial charge < -0.3 is 15.9 Å². The maximum Gasteiger partial charge on any atom is 0.257 e. The number of anilines is 2. The van der Waals surface area contributed by atoms with Crippen LogP contribution < -0.4 is 15.9 Å². The van der Waals surface area contributed by atoms with E-state index in [0.717, 1.165) is 31.7 Å². The zero-order valence-corrected chi connectivity index (χ0v) is 14.2. The van der Waals surface area contributed by atoms with Crippen molar-refractivity contribution in [3.05, 3.63) is 52.8 Å². The van der Waals surface area contributed by atoms with E-state index in [1.807, 2.05) is 0 Å². The molecule has 0 saturated heterocycles. The summed E-state index contributed by atoms with van der Waals surface area (Å²) in [6.07, 6.45) is 4.00. The number of carbonyl (C=O) groups is 1. The fourth-order valence-corrected chi connectivity index (χ4v) is 2.87. The lowest BCUT2D eigenvalue weighted by Gasteiger charge is -2.14. The lowest BCUT2D eigenvalue weighted by Crippen LogP contribution is -2.15. The van der Waals surface area contributed by atoms with Crippen LogP contribution in [0.3, 0.4) is 0 Å². The maximum atomic E-state index is 14.1. The molecule has 0 heterocycles. The highest BCUT2D eigenvalue weighted by Gasteiger charge is 2.19. The van der Waals surface area contributed by atoms with Gasteiger partial charge in [0.05, 0.1) is 16.3 Å². The van der Waals surface area contributed by atoms with Crippen molar-refractivity contribution in [2.75, 3.05) is 11.1 Å². The smallest absolute Gasteiger partial charge is 0.257 e. The molecule has 3 N–H and O–H groups in total. The van der Waals surface area contributed by atoms with Gasteiger partial charge >= 0.3 is 0 Å². The molecule has 1 amide bonds. The number of hydrogen-bond donors (Lipinski definition) is 2. The number of nitrogens with two attached hydrogens (primary N) is 1. The molecule has 25 heavy (non-hydrogen) atoms. The number of halogens is 2. The summed E-state index contributed by atoms with van der Waals surface area (Å²) < 4.78 is 14.1. The molecule has 1 aliphatic carbocycles. The van der Waals surface area contributed by atoms with E-state index in [1.165, 1.54) is 6.07 Å². The van der Waals surface area contributed by atoms with E-state index < -0.39 is 11.7 Å². The topological polar surface area (TPSA) is 73.6 Å². The van der Waals surface area contributed by atoms with Crippen LogP contribution in [0.25, 0.3) is 0 Å². The third-order valence-corrected chi connectivity index (χ3v) is 4.35. The number of nitrogens with one attached hydrogen (secondary N) is 1. The van der Waals surface area contributed by atoms with Crippen molar-refractivity contribution in [3.8, 4) is 5.75 Å². The number of carbonyl (C=O) groups excluding carboxylic acids is 1. The van der Waals surface area contributed by atoms with Crippen molar-refractivity contribution in [2.24, 2.45) is 0 Å². The predicted molar refractivity (Wildman–Crippen MR) is 94.2 cm³/mol. The Hall–Kier alpha value is -2.31. The molecule has 0 unspecified atom stereocenters. The summed E-state index contributed by atoms with van der Waals surface area (Å²) in [6.45, 7) is 0. The van der Waals surface area contributed by atoms with E-state index in [0.29, 0.717) is 5.69 Å². The van der Waals surface area contributed by atoms with Gasteiger partial charge in [-0.15, -0.1) is 0 Å². The predicted octanol–water partition coefficient (Wildman–Crippen LogP) is 4.57. The van der Waals surface area contributed by atoms with Crippen LogP contribution in [0, 0.1) is 5.82 Å². The van der Waals surface area contributed by atoms with Gasteiger partial charge in [0, 0.05) is 11.8 Å². The number of para-hydroxylation sites is 1.